The molecule has 0 fully saturated rings. The fourth-order valence-corrected chi connectivity index (χ4v) is 1.78. The van der Waals surface area contributed by atoms with Crippen LogP contribution < -0.4 is 15.2 Å². The molecule has 0 saturated heterocycles. The summed E-state index contributed by atoms with van der Waals surface area (Å²) in [6.07, 6.45) is 3.64. The average Bonchev–Trinajstić information content (AvgIpc) is 2.75. The molecule has 0 radical (unpaired) electrons. The number of benzene rings is 1. The standard InChI is InChI=1S/C15H21N3O2/c1-10(2)18-9-15(8-17-18)20-14-6-12(16)5-13(7-14)19-11(3)4/h5-11H,16H2,1-4H3. The Balaban J connectivity index is 2.17. The monoisotopic (exact) mass is 275 g/mol. The van der Waals surface area contributed by atoms with E-state index in [0.29, 0.717) is 29.0 Å². The van der Waals surface area contributed by atoms with E-state index in [1.165, 1.54) is 0 Å². The Bertz CT molecular complexity index is 576. The van der Waals surface area contributed by atoms with Gasteiger partial charge >= 0.3 is 0 Å². The van der Waals surface area contributed by atoms with Crippen LogP contribution in [-0.4, -0.2) is 15.9 Å². The number of hydrogen-bond donors (Lipinski definition) is 1. The number of ether oxygens (including phenoxy) is 2. The average molecular weight is 275 g/mol. The fourth-order valence-electron chi connectivity index (χ4n) is 1.78. The number of nitrogen functional groups attached to an aromatic ring is 1. The van der Waals surface area contributed by atoms with Crippen LogP contribution in [0.3, 0.4) is 0 Å². The first-order chi connectivity index (χ1) is 9.44. The Morgan fingerprint density at radius 3 is 2.35 bits per heavy atom. The molecule has 0 bridgehead atoms. The summed E-state index contributed by atoms with van der Waals surface area (Å²) in [7, 11) is 0. The lowest BCUT2D eigenvalue weighted by molar-refractivity contribution is 0.242. The van der Waals surface area contributed by atoms with Gasteiger partial charge in [-0.1, -0.05) is 0 Å². The molecule has 1 heterocycles. The van der Waals surface area contributed by atoms with Crippen LogP contribution in [0.25, 0.3) is 0 Å². The van der Waals surface area contributed by atoms with Crippen molar-refractivity contribution in [1.29, 1.82) is 0 Å². The van der Waals surface area contributed by atoms with E-state index >= 15 is 0 Å². The zero-order chi connectivity index (χ0) is 14.7. The predicted octanol–water partition coefficient (Wildman–Crippen LogP) is 3.63. The molecular formula is C15H21N3O2. The molecule has 0 aliphatic rings. The van der Waals surface area contributed by atoms with Crippen molar-refractivity contribution in [2.75, 3.05) is 5.73 Å². The highest BCUT2D eigenvalue weighted by molar-refractivity contribution is 5.51. The van der Waals surface area contributed by atoms with Crippen LogP contribution in [0.2, 0.25) is 0 Å². The van der Waals surface area contributed by atoms with Gasteiger partial charge in [0.05, 0.1) is 18.5 Å². The van der Waals surface area contributed by atoms with E-state index in [4.69, 9.17) is 15.2 Å². The molecule has 0 aliphatic heterocycles. The van der Waals surface area contributed by atoms with Gasteiger partial charge in [0.2, 0.25) is 0 Å². The Hall–Kier alpha value is -2.17. The lowest BCUT2D eigenvalue weighted by Gasteiger charge is -2.12. The smallest absolute Gasteiger partial charge is 0.165 e. The Morgan fingerprint density at radius 2 is 1.75 bits per heavy atom. The lowest BCUT2D eigenvalue weighted by Crippen LogP contribution is -2.05. The van der Waals surface area contributed by atoms with Gasteiger partial charge in [-0.3, -0.25) is 4.68 Å². The molecule has 2 aromatic rings. The van der Waals surface area contributed by atoms with Gasteiger partial charge in [0.25, 0.3) is 0 Å². The van der Waals surface area contributed by atoms with Crippen molar-refractivity contribution in [3.05, 3.63) is 30.6 Å². The van der Waals surface area contributed by atoms with Gasteiger partial charge in [-0.2, -0.15) is 5.10 Å². The molecule has 1 aromatic carbocycles. The minimum Gasteiger partial charge on any atom is -0.491 e. The van der Waals surface area contributed by atoms with Gasteiger partial charge < -0.3 is 15.2 Å². The highest BCUT2D eigenvalue weighted by Gasteiger charge is 2.07. The van der Waals surface area contributed by atoms with E-state index in [0.717, 1.165) is 0 Å². The van der Waals surface area contributed by atoms with Gasteiger partial charge in [0.15, 0.2) is 5.75 Å². The van der Waals surface area contributed by atoms with Gasteiger partial charge in [0.1, 0.15) is 11.5 Å². The normalized spacial score (nSPS) is 11.1. The molecule has 1 aromatic heterocycles. The molecule has 108 valence electrons. The SMILES string of the molecule is CC(C)Oc1cc(N)cc(Oc2cnn(C(C)C)c2)c1. The lowest BCUT2D eigenvalue weighted by atomic mass is 10.3. The first-order valence-electron chi connectivity index (χ1n) is 6.73. The van der Waals surface area contributed by atoms with E-state index in [1.807, 2.05) is 30.8 Å². The van der Waals surface area contributed by atoms with E-state index in [2.05, 4.69) is 18.9 Å². The second-order valence-corrected chi connectivity index (χ2v) is 5.26. The molecule has 0 amide bonds. The number of aromatic nitrogens is 2. The summed E-state index contributed by atoms with van der Waals surface area (Å²) in [5, 5.41) is 4.23. The molecule has 0 unspecified atom stereocenters. The summed E-state index contributed by atoms with van der Waals surface area (Å²) in [6, 6.07) is 5.67. The maximum Gasteiger partial charge on any atom is 0.165 e. The molecule has 20 heavy (non-hydrogen) atoms. The summed E-state index contributed by atoms with van der Waals surface area (Å²) >= 11 is 0. The van der Waals surface area contributed by atoms with Crippen molar-refractivity contribution in [3.8, 4) is 17.2 Å². The van der Waals surface area contributed by atoms with Crippen molar-refractivity contribution in [2.24, 2.45) is 0 Å². The first kappa shape index (κ1) is 14.2. The minimum absolute atomic E-state index is 0.0911. The molecule has 5 heteroatoms. The number of nitrogens with two attached hydrogens (primary N) is 1. The van der Waals surface area contributed by atoms with Crippen LogP contribution in [0.4, 0.5) is 5.69 Å². The number of rotatable bonds is 5. The van der Waals surface area contributed by atoms with Crippen LogP contribution in [-0.2, 0) is 0 Å². The molecule has 2 N–H and O–H groups in total. The van der Waals surface area contributed by atoms with Crippen molar-refractivity contribution in [2.45, 2.75) is 39.8 Å². The first-order valence-corrected chi connectivity index (χ1v) is 6.73. The van der Waals surface area contributed by atoms with Crippen molar-refractivity contribution < 1.29 is 9.47 Å². The predicted molar refractivity (Wildman–Crippen MR) is 79.3 cm³/mol. The quantitative estimate of drug-likeness (QED) is 0.846. The molecule has 0 saturated carbocycles. The Kier molecular flexibility index (Phi) is 4.17. The molecule has 5 nitrogen and oxygen atoms in total. The van der Waals surface area contributed by atoms with Crippen molar-refractivity contribution in [1.82, 2.24) is 9.78 Å². The topological polar surface area (TPSA) is 62.3 Å². The Morgan fingerprint density at radius 1 is 1.05 bits per heavy atom. The molecule has 0 aliphatic carbocycles. The van der Waals surface area contributed by atoms with Crippen LogP contribution in [0.1, 0.15) is 33.7 Å². The highest BCUT2D eigenvalue weighted by Crippen LogP contribution is 2.29. The summed E-state index contributed by atoms with van der Waals surface area (Å²) in [4.78, 5) is 0. The van der Waals surface area contributed by atoms with Crippen LogP contribution in [0.15, 0.2) is 30.6 Å². The van der Waals surface area contributed by atoms with E-state index in [-0.39, 0.29) is 6.10 Å². The minimum atomic E-state index is 0.0911. The zero-order valence-electron chi connectivity index (χ0n) is 12.3. The fraction of sp³-hybridized carbons (Fsp3) is 0.400. The summed E-state index contributed by atoms with van der Waals surface area (Å²) in [6.45, 7) is 8.06. The summed E-state index contributed by atoms with van der Waals surface area (Å²) < 4.78 is 13.2. The van der Waals surface area contributed by atoms with Gasteiger partial charge in [0, 0.05) is 29.9 Å². The molecule has 2 rings (SSSR count). The third kappa shape index (κ3) is 3.66. The van der Waals surface area contributed by atoms with Crippen LogP contribution >= 0.6 is 0 Å². The maximum absolute atomic E-state index is 5.86. The van der Waals surface area contributed by atoms with Crippen LogP contribution in [0, 0.1) is 0 Å². The third-order valence-electron chi connectivity index (χ3n) is 2.62. The van der Waals surface area contributed by atoms with Gasteiger partial charge in [-0.15, -0.1) is 0 Å². The second kappa shape index (κ2) is 5.86. The number of nitrogens with zero attached hydrogens (tertiary/aromatic N) is 2. The van der Waals surface area contributed by atoms with Gasteiger partial charge in [-0.25, -0.2) is 0 Å². The molecule has 0 atom stereocenters. The van der Waals surface area contributed by atoms with E-state index in [9.17, 15) is 0 Å². The summed E-state index contributed by atoms with van der Waals surface area (Å²) in [5.41, 5.74) is 6.47. The van der Waals surface area contributed by atoms with Crippen LogP contribution in [0.5, 0.6) is 17.2 Å². The van der Waals surface area contributed by atoms with Crippen molar-refractivity contribution in [3.63, 3.8) is 0 Å². The third-order valence-corrected chi connectivity index (χ3v) is 2.62. The largest absolute Gasteiger partial charge is 0.491 e. The molecular weight excluding hydrogens is 254 g/mol. The Labute approximate surface area is 119 Å². The molecule has 0 spiro atoms. The van der Waals surface area contributed by atoms with Gasteiger partial charge in [-0.05, 0) is 27.7 Å². The summed E-state index contributed by atoms with van der Waals surface area (Å²) in [5.74, 6) is 2.02. The number of hydrogen-bond acceptors (Lipinski definition) is 4. The maximum atomic E-state index is 5.86. The number of anilines is 1. The van der Waals surface area contributed by atoms with Crippen molar-refractivity contribution >= 4 is 5.69 Å². The second-order valence-electron chi connectivity index (χ2n) is 5.26. The zero-order valence-corrected chi connectivity index (χ0v) is 12.3. The highest BCUT2D eigenvalue weighted by atomic mass is 16.5. The van der Waals surface area contributed by atoms with E-state index < -0.39 is 0 Å². The van der Waals surface area contributed by atoms with E-state index in [1.54, 1.807) is 18.3 Å².